The first-order chi connectivity index (χ1) is 10.9. The Hall–Kier alpha value is -2.99. The van der Waals surface area contributed by atoms with E-state index in [1.54, 1.807) is 24.3 Å². The summed E-state index contributed by atoms with van der Waals surface area (Å²) in [6, 6.07) is 23.3. The van der Waals surface area contributed by atoms with Crippen molar-refractivity contribution in [1.82, 2.24) is 0 Å². The zero-order valence-corrected chi connectivity index (χ0v) is 12.0. The van der Waals surface area contributed by atoms with Gasteiger partial charge in [0.25, 0.3) is 0 Å². The molecule has 3 heteroatoms. The Labute approximate surface area is 129 Å². The summed E-state index contributed by atoms with van der Waals surface area (Å²) < 4.78 is 11.4. The van der Waals surface area contributed by atoms with Crippen molar-refractivity contribution in [3.05, 3.63) is 72.3 Å². The standard InChI is InChI=1S/C19H15NO2/c20-14-15-8-10-17(11-9-15)21-12-13-22-19-7-3-5-16-4-1-2-6-18(16)19/h1-11H,12-13H2. The zero-order valence-electron chi connectivity index (χ0n) is 12.0. The quantitative estimate of drug-likeness (QED) is 0.662. The maximum Gasteiger partial charge on any atom is 0.127 e. The van der Waals surface area contributed by atoms with Crippen molar-refractivity contribution in [3.63, 3.8) is 0 Å². The summed E-state index contributed by atoms with van der Waals surface area (Å²) in [5.74, 6) is 1.60. The first-order valence-corrected chi connectivity index (χ1v) is 7.10. The van der Waals surface area contributed by atoms with Crippen LogP contribution in [0.15, 0.2) is 66.7 Å². The predicted octanol–water partition coefficient (Wildman–Crippen LogP) is 4.17. The third-order valence-corrected chi connectivity index (χ3v) is 3.34. The SMILES string of the molecule is N#Cc1ccc(OCCOc2cccc3ccccc23)cc1. The average molecular weight is 289 g/mol. The van der Waals surface area contributed by atoms with Gasteiger partial charge in [-0.1, -0.05) is 36.4 Å². The molecule has 22 heavy (non-hydrogen) atoms. The maximum atomic E-state index is 8.74. The molecule has 0 heterocycles. The predicted molar refractivity (Wildman–Crippen MR) is 86.1 cm³/mol. The fourth-order valence-electron chi connectivity index (χ4n) is 2.26. The summed E-state index contributed by atoms with van der Waals surface area (Å²) in [7, 11) is 0. The van der Waals surface area contributed by atoms with E-state index in [4.69, 9.17) is 14.7 Å². The van der Waals surface area contributed by atoms with Gasteiger partial charge >= 0.3 is 0 Å². The monoisotopic (exact) mass is 289 g/mol. The van der Waals surface area contributed by atoms with Crippen molar-refractivity contribution in [1.29, 1.82) is 5.26 Å². The smallest absolute Gasteiger partial charge is 0.127 e. The molecule has 0 aliphatic carbocycles. The summed E-state index contributed by atoms with van der Waals surface area (Å²) in [5.41, 5.74) is 0.624. The summed E-state index contributed by atoms with van der Waals surface area (Å²) in [4.78, 5) is 0. The number of hydrogen-bond donors (Lipinski definition) is 0. The maximum absolute atomic E-state index is 8.74. The number of benzene rings is 3. The van der Waals surface area contributed by atoms with Crippen LogP contribution in [-0.4, -0.2) is 13.2 Å². The first kappa shape index (κ1) is 14.0. The van der Waals surface area contributed by atoms with Crippen LogP contribution in [0.5, 0.6) is 11.5 Å². The number of fused-ring (bicyclic) bond motifs is 1. The number of rotatable bonds is 5. The topological polar surface area (TPSA) is 42.2 Å². The molecule has 0 spiro atoms. The summed E-state index contributed by atoms with van der Waals surface area (Å²) in [5, 5.41) is 11.0. The highest BCUT2D eigenvalue weighted by atomic mass is 16.5. The fourth-order valence-corrected chi connectivity index (χ4v) is 2.26. The third kappa shape index (κ3) is 3.18. The van der Waals surface area contributed by atoms with E-state index in [1.165, 1.54) is 0 Å². The Morgan fingerprint density at radius 1 is 0.773 bits per heavy atom. The van der Waals surface area contributed by atoms with Gasteiger partial charge in [0.05, 0.1) is 11.6 Å². The molecule has 0 bridgehead atoms. The molecule has 3 aromatic rings. The lowest BCUT2D eigenvalue weighted by Crippen LogP contribution is -2.09. The van der Waals surface area contributed by atoms with E-state index in [9.17, 15) is 0 Å². The summed E-state index contributed by atoms with van der Waals surface area (Å²) >= 11 is 0. The molecule has 0 atom stereocenters. The summed E-state index contributed by atoms with van der Waals surface area (Å²) in [6.07, 6.45) is 0. The number of ether oxygens (including phenoxy) is 2. The van der Waals surface area contributed by atoms with Gasteiger partial charge in [-0.05, 0) is 35.7 Å². The molecule has 3 rings (SSSR count). The molecule has 0 N–H and O–H groups in total. The van der Waals surface area contributed by atoms with Crippen molar-refractivity contribution < 1.29 is 9.47 Å². The van der Waals surface area contributed by atoms with Gasteiger partial charge in [0, 0.05) is 5.39 Å². The van der Waals surface area contributed by atoms with Crippen molar-refractivity contribution in [2.75, 3.05) is 13.2 Å². The molecule has 3 aromatic carbocycles. The van der Waals surface area contributed by atoms with Crippen molar-refractivity contribution >= 4 is 10.8 Å². The highest BCUT2D eigenvalue weighted by molar-refractivity contribution is 5.88. The number of hydrogen-bond acceptors (Lipinski definition) is 3. The van der Waals surface area contributed by atoms with Crippen LogP contribution in [0.2, 0.25) is 0 Å². The van der Waals surface area contributed by atoms with Crippen LogP contribution in [0.1, 0.15) is 5.56 Å². The second kappa shape index (κ2) is 6.64. The van der Waals surface area contributed by atoms with E-state index in [-0.39, 0.29) is 0 Å². The van der Waals surface area contributed by atoms with Crippen molar-refractivity contribution in [2.45, 2.75) is 0 Å². The summed E-state index contributed by atoms with van der Waals surface area (Å²) in [6.45, 7) is 0.920. The number of nitriles is 1. The zero-order chi connectivity index (χ0) is 15.2. The molecule has 0 saturated heterocycles. The third-order valence-electron chi connectivity index (χ3n) is 3.34. The van der Waals surface area contributed by atoms with Gasteiger partial charge in [-0.25, -0.2) is 0 Å². The fraction of sp³-hybridized carbons (Fsp3) is 0.105. The van der Waals surface area contributed by atoms with Crippen LogP contribution in [0.3, 0.4) is 0 Å². The van der Waals surface area contributed by atoms with Gasteiger partial charge in [0.1, 0.15) is 24.7 Å². The van der Waals surface area contributed by atoms with Crippen LogP contribution in [0, 0.1) is 11.3 Å². The van der Waals surface area contributed by atoms with Gasteiger partial charge in [-0.3, -0.25) is 0 Å². The van der Waals surface area contributed by atoms with Crippen LogP contribution in [0.25, 0.3) is 10.8 Å². The average Bonchev–Trinajstić information content (AvgIpc) is 2.59. The molecular weight excluding hydrogens is 274 g/mol. The Morgan fingerprint density at radius 2 is 1.50 bits per heavy atom. The van der Waals surface area contributed by atoms with Crippen LogP contribution >= 0.6 is 0 Å². The second-order valence-electron chi connectivity index (χ2n) is 4.81. The van der Waals surface area contributed by atoms with E-state index in [1.807, 2.05) is 30.3 Å². The molecule has 0 aliphatic heterocycles. The molecule has 0 saturated carbocycles. The van der Waals surface area contributed by atoms with Crippen LogP contribution < -0.4 is 9.47 Å². The molecule has 3 nitrogen and oxygen atoms in total. The molecule has 0 aliphatic rings. The Bertz CT molecular complexity index is 798. The van der Waals surface area contributed by atoms with Crippen LogP contribution in [-0.2, 0) is 0 Å². The minimum atomic E-state index is 0.453. The lowest BCUT2D eigenvalue weighted by atomic mass is 10.1. The van der Waals surface area contributed by atoms with Gasteiger partial charge in [0.15, 0.2) is 0 Å². The van der Waals surface area contributed by atoms with Gasteiger partial charge in [-0.15, -0.1) is 0 Å². The van der Waals surface area contributed by atoms with E-state index < -0.39 is 0 Å². The lowest BCUT2D eigenvalue weighted by Gasteiger charge is -2.10. The van der Waals surface area contributed by atoms with Gasteiger partial charge in [0.2, 0.25) is 0 Å². The molecule has 0 amide bonds. The van der Waals surface area contributed by atoms with Crippen molar-refractivity contribution in [3.8, 4) is 17.6 Å². The Kier molecular flexibility index (Phi) is 4.22. The van der Waals surface area contributed by atoms with Crippen LogP contribution in [0.4, 0.5) is 0 Å². The first-order valence-electron chi connectivity index (χ1n) is 7.10. The van der Waals surface area contributed by atoms with E-state index in [0.29, 0.717) is 18.8 Å². The van der Waals surface area contributed by atoms with Gasteiger partial charge in [-0.2, -0.15) is 5.26 Å². The highest BCUT2D eigenvalue weighted by Gasteiger charge is 2.01. The van der Waals surface area contributed by atoms with Gasteiger partial charge < -0.3 is 9.47 Å². The minimum Gasteiger partial charge on any atom is -0.490 e. The highest BCUT2D eigenvalue weighted by Crippen LogP contribution is 2.25. The number of nitrogens with zero attached hydrogens (tertiary/aromatic N) is 1. The molecule has 108 valence electrons. The lowest BCUT2D eigenvalue weighted by molar-refractivity contribution is 0.219. The van der Waals surface area contributed by atoms with Crippen molar-refractivity contribution in [2.24, 2.45) is 0 Å². The Balaban J connectivity index is 1.57. The largest absolute Gasteiger partial charge is 0.490 e. The minimum absolute atomic E-state index is 0.453. The van der Waals surface area contributed by atoms with E-state index in [0.717, 1.165) is 22.3 Å². The second-order valence-corrected chi connectivity index (χ2v) is 4.81. The van der Waals surface area contributed by atoms with E-state index >= 15 is 0 Å². The molecule has 0 radical (unpaired) electrons. The van der Waals surface area contributed by atoms with E-state index in [2.05, 4.69) is 18.2 Å². The molecule has 0 aromatic heterocycles. The molecule has 0 fully saturated rings. The Morgan fingerprint density at radius 3 is 2.32 bits per heavy atom. The molecular formula is C19H15NO2. The normalized spacial score (nSPS) is 10.1. The molecule has 0 unspecified atom stereocenters.